The SMILES string of the molecule is O=C1C[C@@H]([NH2+]C[C@H](O)c2ccccc2)C(=O)N1c1ccc(Cl)cc1. The van der Waals surface area contributed by atoms with E-state index in [1.165, 1.54) is 4.90 Å². The van der Waals surface area contributed by atoms with Crippen molar-refractivity contribution < 1.29 is 20.0 Å². The minimum absolute atomic E-state index is 0.128. The van der Waals surface area contributed by atoms with E-state index in [0.29, 0.717) is 17.3 Å². The number of imide groups is 1. The number of quaternary nitrogens is 1. The molecule has 2 aromatic rings. The Morgan fingerprint density at radius 2 is 1.79 bits per heavy atom. The average molecular weight is 346 g/mol. The zero-order chi connectivity index (χ0) is 17.1. The molecule has 0 radical (unpaired) electrons. The summed E-state index contributed by atoms with van der Waals surface area (Å²) in [5.74, 6) is -0.500. The molecule has 3 rings (SSSR count). The lowest BCUT2D eigenvalue weighted by Crippen LogP contribution is -2.92. The third kappa shape index (κ3) is 3.48. The molecule has 0 bridgehead atoms. The van der Waals surface area contributed by atoms with Crippen molar-refractivity contribution in [1.29, 1.82) is 0 Å². The summed E-state index contributed by atoms with van der Waals surface area (Å²) in [6.07, 6.45) is -0.554. The van der Waals surface area contributed by atoms with Crippen molar-refractivity contribution in [3.63, 3.8) is 0 Å². The quantitative estimate of drug-likeness (QED) is 0.801. The number of hydrogen-bond donors (Lipinski definition) is 2. The lowest BCUT2D eigenvalue weighted by Gasteiger charge is -2.15. The predicted octanol–water partition coefficient (Wildman–Crippen LogP) is 1.27. The second kappa shape index (κ2) is 7.13. The van der Waals surface area contributed by atoms with E-state index in [-0.39, 0.29) is 18.2 Å². The van der Waals surface area contributed by atoms with Crippen molar-refractivity contribution >= 4 is 29.1 Å². The highest BCUT2D eigenvalue weighted by atomic mass is 35.5. The van der Waals surface area contributed by atoms with Crippen molar-refractivity contribution in [3.05, 3.63) is 65.2 Å². The number of carbonyl (C=O) groups excluding carboxylic acids is 2. The fraction of sp³-hybridized carbons (Fsp3) is 0.222. The van der Waals surface area contributed by atoms with Crippen LogP contribution in [-0.4, -0.2) is 29.5 Å². The molecular formula is C18H18ClN2O3+. The highest BCUT2D eigenvalue weighted by Crippen LogP contribution is 2.23. The van der Waals surface area contributed by atoms with E-state index in [1.54, 1.807) is 29.6 Å². The van der Waals surface area contributed by atoms with Crippen molar-refractivity contribution in [2.75, 3.05) is 11.4 Å². The molecular weight excluding hydrogens is 328 g/mol. The maximum absolute atomic E-state index is 12.5. The zero-order valence-corrected chi connectivity index (χ0v) is 13.7. The summed E-state index contributed by atoms with van der Waals surface area (Å²) in [7, 11) is 0. The number of nitrogens with zero attached hydrogens (tertiary/aromatic N) is 1. The molecule has 1 fully saturated rings. The normalized spacial score (nSPS) is 18.9. The van der Waals surface area contributed by atoms with Crippen LogP contribution in [0, 0.1) is 0 Å². The number of anilines is 1. The lowest BCUT2D eigenvalue weighted by atomic mass is 10.1. The second-order valence-corrected chi connectivity index (χ2v) is 6.19. The van der Waals surface area contributed by atoms with Crippen LogP contribution >= 0.6 is 11.6 Å². The number of benzene rings is 2. The van der Waals surface area contributed by atoms with Gasteiger partial charge in [0.25, 0.3) is 5.91 Å². The van der Waals surface area contributed by atoms with Gasteiger partial charge < -0.3 is 10.4 Å². The molecule has 0 saturated carbocycles. The van der Waals surface area contributed by atoms with Gasteiger partial charge in [0.15, 0.2) is 6.04 Å². The van der Waals surface area contributed by atoms with Crippen LogP contribution in [0.4, 0.5) is 5.69 Å². The number of amides is 2. The zero-order valence-electron chi connectivity index (χ0n) is 12.9. The van der Waals surface area contributed by atoms with Crippen LogP contribution in [0.15, 0.2) is 54.6 Å². The smallest absolute Gasteiger partial charge is 0.292 e. The topological polar surface area (TPSA) is 74.2 Å². The van der Waals surface area contributed by atoms with Crippen LogP contribution in [-0.2, 0) is 9.59 Å². The number of halogens is 1. The second-order valence-electron chi connectivity index (χ2n) is 5.75. The van der Waals surface area contributed by atoms with Gasteiger partial charge in [-0.3, -0.25) is 9.59 Å². The van der Waals surface area contributed by atoms with Gasteiger partial charge in [0.2, 0.25) is 5.91 Å². The fourth-order valence-corrected chi connectivity index (χ4v) is 2.93. The first-order valence-electron chi connectivity index (χ1n) is 7.75. The number of nitrogens with two attached hydrogens (primary N) is 1. The maximum Gasteiger partial charge on any atom is 0.292 e. The van der Waals surface area contributed by atoms with Gasteiger partial charge in [0, 0.05) is 5.02 Å². The summed E-state index contributed by atoms with van der Waals surface area (Å²) in [5, 5.41) is 12.5. The molecule has 3 N–H and O–H groups in total. The molecule has 0 aromatic heterocycles. The van der Waals surface area contributed by atoms with E-state index in [0.717, 1.165) is 5.56 Å². The molecule has 24 heavy (non-hydrogen) atoms. The molecule has 5 nitrogen and oxygen atoms in total. The number of rotatable bonds is 5. The van der Waals surface area contributed by atoms with E-state index in [4.69, 9.17) is 11.6 Å². The Hall–Kier alpha value is -2.21. The van der Waals surface area contributed by atoms with E-state index in [1.807, 2.05) is 30.3 Å². The van der Waals surface area contributed by atoms with Crippen LogP contribution in [0.1, 0.15) is 18.1 Å². The van der Waals surface area contributed by atoms with Gasteiger partial charge in [-0.1, -0.05) is 41.9 Å². The molecule has 0 unspecified atom stereocenters. The molecule has 1 aliphatic rings. The Bertz CT molecular complexity index is 734. The largest absolute Gasteiger partial charge is 0.382 e. The third-order valence-corrected chi connectivity index (χ3v) is 4.35. The summed E-state index contributed by atoms with van der Waals surface area (Å²) in [6.45, 7) is 0.322. The summed E-state index contributed by atoms with van der Waals surface area (Å²) in [5.41, 5.74) is 1.31. The first kappa shape index (κ1) is 16.6. The van der Waals surface area contributed by atoms with Crippen molar-refractivity contribution in [1.82, 2.24) is 0 Å². The number of carbonyl (C=O) groups is 2. The van der Waals surface area contributed by atoms with Gasteiger partial charge in [-0.25, -0.2) is 4.90 Å². The van der Waals surface area contributed by atoms with Gasteiger partial charge in [0.05, 0.1) is 12.1 Å². The Kier molecular flexibility index (Phi) is 4.94. The molecule has 6 heteroatoms. The monoisotopic (exact) mass is 345 g/mol. The highest BCUT2D eigenvalue weighted by molar-refractivity contribution is 6.30. The van der Waals surface area contributed by atoms with Gasteiger partial charge >= 0.3 is 0 Å². The van der Waals surface area contributed by atoms with Crippen molar-refractivity contribution in [3.8, 4) is 0 Å². The van der Waals surface area contributed by atoms with Gasteiger partial charge in [-0.15, -0.1) is 0 Å². The fourth-order valence-electron chi connectivity index (χ4n) is 2.81. The van der Waals surface area contributed by atoms with Crippen LogP contribution < -0.4 is 10.2 Å². The van der Waals surface area contributed by atoms with Crippen LogP contribution in [0.25, 0.3) is 0 Å². The predicted molar refractivity (Wildman–Crippen MR) is 90.5 cm³/mol. The number of hydrogen-bond acceptors (Lipinski definition) is 3. The first-order valence-corrected chi connectivity index (χ1v) is 8.13. The molecule has 0 spiro atoms. The molecule has 1 heterocycles. The summed E-state index contributed by atoms with van der Waals surface area (Å²) < 4.78 is 0. The summed E-state index contributed by atoms with van der Waals surface area (Å²) >= 11 is 5.84. The maximum atomic E-state index is 12.5. The third-order valence-electron chi connectivity index (χ3n) is 4.09. The minimum atomic E-state index is -0.682. The summed E-state index contributed by atoms with van der Waals surface area (Å²) in [4.78, 5) is 25.9. The van der Waals surface area contributed by atoms with Gasteiger partial charge in [-0.05, 0) is 29.8 Å². The molecule has 2 amide bonds. The number of aliphatic hydroxyl groups excluding tert-OH is 1. The Morgan fingerprint density at radius 1 is 1.12 bits per heavy atom. The first-order chi connectivity index (χ1) is 11.6. The molecule has 1 aliphatic heterocycles. The molecule has 124 valence electrons. The minimum Gasteiger partial charge on any atom is -0.382 e. The number of aliphatic hydroxyl groups is 1. The average Bonchev–Trinajstić information content (AvgIpc) is 2.88. The Labute approximate surface area is 144 Å². The Morgan fingerprint density at radius 3 is 2.46 bits per heavy atom. The molecule has 2 atom stereocenters. The van der Waals surface area contributed by atoms with Crippen molar-refractivity contribution in [2.45, 2.75) is 18.6 Å². The molecule has 2 aromatic carbocycles. The van der Waals surface area contributed by atoms with Gasteiger partial charge in [-0.2, -0.15) is 0 Å². The molecule has 0 aliphatic carbocycles. The Balaban J connectivity index is 1.65. The molecule has 1 saturated heterocycles. The van der Waals surface area contributed by atoms with Crippen LogP contribution in [0.5, 0.6) is 0 Å². The lowest BCUT2D eigenvalue weighted by molar-refractivity contribution is -0.681. The van der Waals surface area contributed by atoms with Crippen molar-refractivity contribution in [2.24, 2.45) is 0 Å². The van der Waals surface area contributed by atoms with Crippen LogP contribution in [0.3, 0.4) is 0 Å². The van der Waals surface area contributed by atoms with Gasteiger partial charge in [0.1, 0.15) is 12.6 Å². The van der Waals surface area contributed by atoms with Crippen LogP contribution in [0.2, 0.25) is 5.02 Å². The highest BCUT2D eigenvalue weighted by Gasteiger charge is 2.42. The standard InChI is InChI=1S/C18H17ClN2O3/c19-13-6-8-14(9-7-13)21-17(23)10-15(18(21)24)20-11-16(22)12-4-2-1-3-5-12/h1-9,15-16,20,22H,10-11H2/p+1/t15-,16+/m1/s1. The summed E-state index contributed by atoms with van der Waals surface area (Å²) in [6, 6.07) is 15.3. The van der Waals surface area contributed by atoms with E-state index < -0.39 is 12.1 Å². The van der Waals surface area contributed by atoms with E-state index in [9.17, 15) is 14.7 Å². The van der Waals surface area contributed by atoms with E-state index in [2.05, 4.69) is 0 Å². The van der Waals surface area contributed by atoms with E-state index >= 15 is 0 Å².